The molecule has 0 bridgehead atoms. The summed E-state index contributed by atoms with van der Waals surface area (Å²) in [6, 6.07) is 4.35. The van der Waals surface area contributed by atoms with Crippen LogP contribution < -0.4 is 14.8 Å². The fourth-order valence-electron chi connectivity index (χ4n) is 2.42. The van der Waals surface area contributed by atoms with E-state index in [0.717, 1.165) is 12.2 Å². The summed E-state index contributed by atoms with van der Waals surface area (Å²) in [4.78, 5) is 20.2. The molecule has 2 aromatic rings. The van der Waals surface area contributed by atoms with Crippen molar-refractivity contribution in [3.8, 4) is 22.8 Å². The molecule has 144 valence electrons. The Hall–Kier alpha value is -3.62. The lowest BCUT2D eigenvalue weighted by atomic mass is 10.1. The van der Waals surface area contributed by atoms with Crippen LogP contribution >= 0.6 is 0 Å². The molecule has 1 aliphatic heterocycles. The number of rotatable bonds is 5. The standard InChI is InChI=1S/C19H14F3N3O3/c1-3-6-13(20)11(4-2)18(26)25-16-10-23-14(9-24-16)12-7-5-8-15-17(12)28-19(21,22)27-15/h3-10H,2H2,1H3,(H,24,25,26)/b6-3-,13-11-. The van der Waals surface area contributed by atoms with Crippen LogP contribution in [-0.2, 0) is 4.79 Å². The summed E-state index contributed by atoms with van der Waals surface area (Å²) in [7, 11) is 0. The van der Waals surface area contributed by atoms with Crippen molar-refractivity contribution in [3.05, 3.63) is 66.8 Å². The van der Waals surface area contributed by atoms with Gasteiger partial charge in [0.05, 0.1) is 23.7 Å². The second kappa shape index (κ2) is 7.55. The van der Waals surface area contributed by atoms with Crippen molar-refractivity contribution in [2.24, 2.45) is 0 Å². The molecule has 1 aromatic heterocycles. The molecule has 0 fully saturated rings. The molecule has 0 spiro atoms. The Morgan fingerprint density at radius 2 is 2.04 bits per heavy atom. The number of benzene rings is 1. The number of fused-ring (bicyclic) bond motifs is 1. The third-order valence-corrected chi connectivity index (χ3v) is 3.62. The van der Waals surface area contributed by atoms with Crippen LogP contribution in [-0.4, -0.2) is 22.2 Å². The number of nitrogens with one attached hydrogen (secondary N) is 1. The Bertz CT molecular complexity index is 986. The quantitative estimate of drug-likeness (QED) is 0.607. The highest BCUT2D eigenvalue weighted by Crippen LogP contribution is 2.46. The second-order valence-corrected chi connectivity index (χ2v) is 5.51. The predicted octanol–water partition coefficient (Wildman–Crippen LogP) is 4.39. The zero-order valence-electron chi connectivity index (χ0n) is 14.6. The number of aromatic nitrogens is 2. The molecule has 0 radical (unpaired) electrons. The number of halogens is 3. The highest BCUT2D eigenvalue weighted by molar-refractivity contribution is 6.05. The molecular weight excluding hydrogens is 375 g/mol. The normalized spacial score (nSPS) is 15.3. The number of ether oxygens (including phenoxy) is 2. The van der Waals surface area contributed by atoms with Gasteiger partial charge < -0.3 is 14.8 Å². The minimum absolute atomic E-state index is 0.0384. The van der Waals surface area contributed by atoms with Crippen LogP contribution in [0.3, 0.4) is 0 Å². The highest BCUT2D eigenvalue weighted by Gasteiger charge is 2.44. The average Bonchev–Trinajstić information content (AvgIpc) is 2.97. The molecule has 2 heterocycles. The van der Waals surface area contributed by atoms with Gasteiger partial charge in [0.25, 0.3) is 5.91 Å². The lowest BCUT2D eigenvalue weighted by Crippen LogP contribution is -2.26. The summed E-state index contributed by atoms with van der Waals surface area (Å²) >= 11 is 0. The van der Waals surface area contributed by atoms with Gasteiger partial charge in [-0.3, -0.25) is 9.78 Å². The molecule has 0 saturated heterocycles. The molecule has 9 heteroatoms. The minimum atomic E-state index is -3.76. The first-order valence-electron chi connectivity index (χ1n) is 8.02. The summed E-state index contributed by atoms with van der Waals surface area (Å²) in [5.41, 5.74) is 0.194. The Labute approximate surface area is 158 Å². The molecule has 1 aromatic carbocycles. The molecule has 1 N–H and O–H groups in total. The molecule has 1 amide bonds. The van der Waals surface area contributed by atoms with Crippen LogP contribution in [0.5, 0.6) is 11.5 Å². The van der Waals surface area contributed by atoms with Gasteiger partial charge in [-0.15, -0.1) is 8.78 Å². The van der Waals surface area contributed by atoms with Crippen LogP contribution in [0, 0.1) is 0 Å². The van der Waals surface area contributed by atoms with Gasteiger partial charge in [-0.2, -0.15) is 0 Å². The van der Waals surface area contributed by atoms with E-state index in [1.165, 1.54) is 36.7 Å². The monoisotopic (exact) mass is 389 g/mol. The van der Waals surface area contributed by atoms with E-state index in [9.17, 15) is 18.0 Å². The lowest BCUT2D eigenvalue weighted by Gasteiger charge is -2.08. The van der Waals surface area contributed by atoms with Gasteiger partial charge in [-0.05, 0) is 25.1 Å². The van der Waals surface area contributed by atoms with E-state index in [-0.39, 0.29) is 34.1 Å². The zero-order chi connectivity index (χ0) is 20.3. The average molecular weight is 389 g/mol. The number of amides is 1. The van der Waals surface area contributed by atoms with Crippen LogP contribution in [0.25, 0.3) is 11.3 Å². The number of nitrogens with zero attached hydrogens (tertiary/aromatic N) is 2. The number of hydrogen-bond acceptors (Lipinski definition) is 5. The van der Waals surface area contributed by atoms with Crippen molar-refractivity contribution < 1.29 is 27.4 Å². The van der Waals surface area contributed by atoms with Crippen molar-refractivity contribution in [2.75, 3.05) is 5.32 Å². The summed E-state index contributed by atoms with van der Waals surface area (Å²) in [5.74, 6) is -1.76. The first-order valence-corrected chi connectivity index (χ1v) is 8.02. The van der Waals surface area contributed by atoms with E-state index in [4.69, 9.17) is 0 Å². The molecule has 0 unspecified atom stereocenters. The summed E-state index contributed by atoms with van der Waals surface area (Å²) in [6.07, 6.45) is 2.34. The minimum Gasteiger partial charge on any atom is -0.395 e. The smallest absolute Gasteiger partial charge is 0.395 e. The van der Waals surface area contributed by atoms with Crippen LogP contribution in [0.15, 0.2) is 66.8 Å². The first-order chi connectivity index (χ1) is 13.3. The Morgan fingerprint density at radius 1 is 1.25 bits per heavy atom. The summed E-state index contributed by atoms with van der Waals surface area (Å²) in [5, 5.41) is 2.38. The van der Waals surface area contributed by atoms with Gasteiger partial charge in [0.15, 0.2) is 17.3 Å². The maximum Gasteiger partial charge on any atom is 0.586 e. The van der Waals surface area contributed by atoms with Gasteiger partial charge >= 0.3 is 6.29 Å². The molecule has 0 atom stereocenters. The van der Waals surface area contributed by atoms with Gasteiger partial charge in [0.2, 0.25) is 0 Å². The zero-order valence-corrected chi connectivity index (χ0v) is 14.6. The van der Waals surface area contributed by atoms with Gasteiger partial charge in [-0.1, -0.05) is 24.8 Å². The molecule has 3 rings (SSSR count). The van der Waals surface area contributed by atoms with Crippen molar-refractivity contribution >= 4 is 11.7 Å². The molecule has 1 aliphatic rings. The first kappa shape index (κ1) is 19.2. The molecular formula is C19H14F3N3O3. The maximum atomic E-state index is 13.8. The third kappa shape index (κ3) is 3.88. The number of para-hydroxylation sites is 1. The number of allylic oxidation sites excluding steroid dienone is 3. The van der Waals surface area contributed by atoms with E-state index in [1.807, 2.05) is 0 Å². The Balaban J connectivity index is 1.83. The van der Waals surface area contributed by atoms with E-state index in [1.54, 1.807) is 6.92 Å². The molecule has 0 saturated carbocycles. The number of alkyl halides is 2. The van der Waals surface area contributed by atoms with Crippen molar-refractivity contribution in [2.45, 2.75) is 13.2 Å². The van der Waals surface area contributed by atoms with Crippen LogP contribution in [0.1, 0.15) is 6.92 Å². The number of hydrogen-bond donors (Lipinski definition) is 1. The van der Waals surface area contributed by atoms with Gasteiger partial charge in [0.1, 0.15) is 5.83 Å². The molecule has 28 heavy (non-hydrogen) atoms. The largest absolute Gasteiger partial charge is 0.586 e. The summed E-state index contributed by atoms with van der Waals surface area (Å²) in [6.45, 7) is 5.01. The Kier molecular flexibility index (Phi) is 5.16. The predicted molar refractivity (Wildman–Crippen MR) is 95.4 cm³/mol. The molecule has 0 aliphatic carbocycles. The number of carbonyl (C=O) groups is 1. The lowest BCUT2D eigenvalue weighted by molar-refractivity contribution is -0.286. The topological polar surface area (TPSA) is 73.3 Å². The van der Waals surface area contributed by atoms with E-state index >= 15 is 0 Å². The van der Waals surface area contributed by atoms with E-state index in [0.29, 0.717) is 0 Å². The number of carbonyl (C=O) groups excluding carboxylic acids is 1. The Morgan fingerprint density at radius 3 is 2.68 bits per heavy atom. The summed E-state index contributed by atoms with van der Waals surface area (Å²) < 4.78 is 49.3. The fourth-order valence-corrected chi connectivity index (χ4v) is 2.42. The maximum absolute atomic E-state index is 13.8. The van der Waals surface area contributed by atoms with Gasteiger partial charge in [0, 0.05) is 5.56 Å². The molecule has 6 nitrogen and oxygen atoms in total. The third-order valence-electron chi connectivity index (χ3n) is 3.62. The van der Waals surface area contributed by atoms with Crippen molar-refractivity contribution in [1.82, 2.24) is 9.97 Å². The van der Waals surface area contributed by atoms with E-state index < -0.39 is 18.0 Å². The van der Waals surface area contributed by atoms with Crippen molar-refractivity contribution in [1.29, 1.82) is 0 Å². The van der Waals surface area contributed by atoms with Crippen molar-refractivity contribution in [3.63, 3.8) is 0 Å². The second-order valence-electron chi connectivity index (χ2n) is 5.51. The SMILES string of the molecule is C=C/C(C(=O)Nc1cnc(-c2cccc3c2OC(F)(F)O3)cn1)=C(F)\C=C/C. The van der Waals surface area contributed by atoms with E-state index in [2.05, 4.69) is 31.3 Å². The fraction of sp³-hybridized carbons (Fsp3) is 0.105. The van der Waals surface area contributed by atoms with Gasteiger partial charge in [-0.25, -0.2) is 9.37 Å². The number of anilines is 1. The van der Waals surface area contributed by atoms with Crippen LogP contribution in [0.4, 0.5) is 19.0 Å². The highest BCUT2D eigenvalue weighted by atomic mass is 19.3. The van der Waals surface area contributed by atoms with Crippen LogP contribution in [0.2, 0.25) is 0 Å².